The molecule has 88 valence electrons. The van der Waals surface area contributed by atoms with Gasteiger partial charge in [0.15, 0.2) is 0 Å². The second kappa shape index (κ2) is 5.73. The van der Waals surface area contributed by atoms with E-state index in [1.807, 2.05) is 19.2 Å². The summed E-state index contributed by atoms with van der Waals surface area (Å²) in [4.78, 5) is 5.55. The van der Waals surface area contributed by atoms with Crippen LogP contribution in [0.25, 0.3) is 0 Å². The number of thioether (sulfide) groups is 1. The highest BCUT2D eigenvalue weighted by molar-refractivity contribution is 7.98. The van der Waals surface area contributed by atoms with E-state index in [1.54, 1.807) is 11.8 Å². The van der Waals surface area contributed by atoms with E-state index in [2.05, 4.69) is 46.9 Å². The van der Waals surface area contributed by atoms with Crippen molar-refractivity contribution in [1.82, 2.24) is 4.98 Å². The summed E-state index contributed by atoms with van der Waals surface area (Å²) in [5, 5.41) is 3.40. The molecule has 17 heavy (non-hydrogen) atoms. The summed E-state index contributed by atoms with van der Waals surface area (Å²) >= 11 is 1.76. The molecular formula is C14H16N2S. The Labute approximate surface area is 106 Å². The molecule has 0 atom stereocenters. The summed E-state index contributed by atoms with van der Waals surface area (Å²) in [6.07, 6.45) is 3.90. The van der Waals surface area contributed by atoms with Gasteiger partial charge in [-0.05, 0) is 43.0 Å². The first-order valence-electron chi connectivity index (χ1n) is 5.58. The Morgan fingerprint density at radius 2 is 1.94 bits per heavy atom. The molecule has 1 aromatic heterocycles. The van der Waals surface area contributed by atoms with E-state index in [0.717, 1.165) is 17.9 Å². The van der Waals surface area contributed by atoms with Crippen molar-refractivity contribution >= 4 is 17.4 Å². The number of aromatic nitrogens is 1. The lowest BCUT2D eigenvalue weighted by atomic mass is 10.2. The Morgan fingerprint density at radius 1 is 1.18 bits per heavy atom. The monoisotopic (exact) mass is 244 g/mol. The van der Waals surface area contributed by atoms with E-state index in [1.165, 1.54) is 10.5 Å². The quantitative estimate of drug-likeness (QED) is 0.830. The van der Waals surface area contributed by atoms with E-state index in [0.29, 0.717) is 0 Å². The molecule has 0 saturated carbocycles. The van der Waals surface area contributed by atoms with Gasteiger partial charge < -0.3 is 5.32 Å². The highest BCUT2D eigenvalue weighted by atomic mass is 32.2. The summed E-state index contributed by atoms with van der Waals surface area (Å²) in [7, 11) is 0. The lowest BCUT2D eigenvalue weighted by Gasteiger charge is -2.08. The molecular weight excluding hydrogens is 228 g/mol. The highest BCUT2D eigenvalue weighted by Crippen LogP contribution is 2.16. The molecule has 3 heteroatoms. The third-order valence-corrected chi connectivity index (χ3v) is 3.39. The molecule has 0 aliphatic rings. The largest absolute Gasteiger partial charge is 0.380 e. The molecule has 0 spiro atoms. The molecule has 0 amide bonds. The van der Waals surface area contributed by atoms with E-state index in [9.17, 15) is 0 Å². The average Bonchev–Trinajstić information content (AvgIpc) is 2.38. The molecule has 1 heterocycles. The van der Waals surface area contributed by atoms with Crippen molar-refractivity contribution < 1.29 is 0 Å². The zero-order chi connectivity index (χ0) is 12.1. The fraction of sp³-hybridized carbons (Fsp3) is 0.214. The van der Waals surface area contributed by atoms with Crippen LogP contribution in [0.5, 0.6) is 0 Å². The van der Waals surface area contributed by atoms with Gasteiger partial charge in [-0.2, -0.15) is 0 Å². The standard InChI is InChI=1S/C14H16N2S/c1-11-14(4-3-9-15-11)16-10-12-5-7-13(17-2)8-6-12/h3-9,16H,10H2,1-2H3. The smallest absolute Gasteiger partial charge is 0.0603 e. The Morgan fingerprint density at radius 3 is 2.59 bits per heavy atom. The van der Waals surface area contributed by atoms with Crippen molar-refractivity contribution in [2.75, 3.05) is 11.6 Å². The third-order valence-electron chi connectivity index (χ3n) is 2.65. The highest BCUT2D eigenvalue weighted by Gasteiger charge is 1.98. The average molecular weight is 244 g/mol. The van der Waals surface area contributed by atoms with Gasteiger partial charge in [-0.15, -0.1) is 11.8 Å². The molecule has 0 aliphatic carbocycles. The predicted molar refractivity (Wildman–Crippen MR) is 74.5 cm³/mol. The Bertz CT molecular complexity index is 480. The number of hydrogen-bond acceptors (Lipinski definition) is 3. The summed E-state index contributed by atoms with van der Waals surface area (Å²) < 4.78 is 0. The van der Waals surface area contributed by atoms with Crippen LogP contribution in [0.1, 0.15) is 11.3 Å². The van der Waals surface area contributed by atoms with Crippen molar-refractivity contribution in [3.8, 4) is 0 Å². The van der Waals surface area contributed by atoms with Gasteiger partial charge in [-0.3, -0.25) is 4.98 Å². The summed E-state index contributed by atoms with van der Waals surface area (Å²) in [6.45, 7) is 2.85. The summed E-state index contributed by atoms with van der Waals surface area (Å²) in [5.41, 5.74) is 3.42. The molecule has 0 fully saturated rings. The van der Waals surface area contributed by atoms with Crippen molar-refractivity contribution in [3.05, 3.63) is 53.9 Å². The molecule has 1 N–H and O–H groups in total. The summed E-state index contributed by atoms with van der Waals surface area (Å²) in [5.74, 6) is 0. The number of hydrogen-bond donors (Lipinski definition) is 1. The first-order chi connectivity index (χ1) is 8.29. The van der Waals surface area contributed by atoms with Crippen LogP contribution in [0.2, 0.25) is 0 Å². The van der Waals surface area contributed by atoms with Gasteiger partial charge in [0.25, 0.3) is 0 Å². The molecule has 2 nitrogen and oxygen atoms in total. The van der Waals surface area contributed by atoms with Gasteiger partial charge in [0.1, 0.15) is 0 Å². The topological polar surface area (TPSA) is 24.9 Å². The number of nitrogens with zero attached hydrogens (tertiary/aromatic N) is 1. The molecule has 0 radical (unpaired) electrons. The van der Waals surface area contributed by atoms with Crippen LogP contribution in [-0.2, 0) is 6.54 Å². The fourth-order valence-corrected chi connectivity index (χ4v) is 2.02. The normalized spacial score (nSPS) is 10.2. The zero-order valence-electron chi connectivity index (χ0n) is 10.1. The first-order valence-corrected chi connectivity index (χ1v) is 6.80. The molecule has 0 unspecified atom stereocenters. The number of aryl methyl sites for hydroxylation is 1. The van der Waals surface area contributed by atoms with Crippen LogP contribution in [0.3, 0.4) is 0 Å². The van der Waals surface area contributed by atoms with E-state index in [-0.39, 0.29) is 0 Å². The molecule has 1 aromatic carbocycles. The maximum Gasteiger partial charge on any atom is 0.0603 e. The predicted octanol–water partition coefficient (Wildman–Crippen LogP) is 3.72. The Balaban J connectivity index is 2.00. The number of rotatable bonds is 4. The van der Waals surface area contributed by atoms with Gasteiger partial charge in [0, 0.05) is 17.6 Å². The van der Waals surface area contributed by atoms with Crippen molar-refractivity contribution in [1.29, 1.82) is 0 Å². The second-order valence-corrected chi connectivity index (χ2v) is 4.72. The van der Waals surface area contributed by atoms with Crippen molar-refractivity contribution in [3.63, 3.8) is 0 Å². The van der Waals surface area contributed by atoms with E-state index < -0.39 is 0 Å². The third kappa shape index (κ3) is 3.24. The lowest BCUT2D eigenvalue weighted by molar-refractivity contribution is 1.10. The van der Waals surface area contributed by atoms with Crippen molar-refractivity contribution in [2.45, 2.75) is 18.4 Å². The van der Waals surface area contributed by atoms with Gasteiger partial charge in [0.05, 0.1) is 11.4 Å². The number of nitrogens with one attached hydrogen (secondary N) is 1. The minimum absolute atomic E-state index is 0.835. The Hall–Kier alpha value is -1.48. The van der Waals surface area contributed by atoms with Crippen molar-refractivity contribution in [2.24, 2.45) is 0 Å². The number of benzene rings is 1. The summed E-state index contributed by atoms with van der Waals surface area (Å²) in [6, 6.07) is 12.6. The minimum atomic E-state index is 0.835. The van der Waals surface area contributed by atoms with Gasteiger partial charge in [-0.1, -0.05) is 12.1 Å². The molecule has 0 bridgehead atoms. The zero-order valence-corrected chi connectivity index (χ0v) is 10.9. The van der Waals surface area contributed by atoms with Crippen LogP contribution in [0.15, 0.2) is 47.5 Å². The molecule has 2 aromatic rings. The van der Waals surface area contributed by atoms with Crippen LogP contribution < -0.4 is 5.32 Å². The maximum absolute atomic E-state index is 4.25. The van der Waals surface area contributed by atoms with Crippen LogP contribution in [-0.4, -0.2) is 11.2 Å². The SMILES string of the molecule is CSc1ccc(CNc2cccnc2C)cc1. The van der Waals surface area contributed by atoms with Gasteiger partial charge in [0.2, 0.25) is 0 Å². The van der Waals surface area contributed by atoms with Gasteiger partial charge >= 0.3 is 0 Å². The number of anilines is 1. The maximum atomic E-state index is 4.25. The van der Waals surface area contributed by atoms with E-state index >= 15 is 0 Å². The molecule has 2 rings (SSSR count). The van der Waals surface area contributed by atoms with Gasteiger partial charge in [-0.25, -0.2) is 0 Å². The van der Waals surface area contributed by atoms with Crippen LogP contribution in [0, 0.1) is 6.92 Å². The first kappa shape index (κ1) is 12.0. The fourth-order valence-electron chi connectivity index (χ4n) is 1.61. The molecule has 0 aliphatic heterocycles. The number of pyridine rings is 1. The minimum Gasteiger partial charge on any atom is -0.380 e. The molecule has 0 saturated heterocycles. The van der Waals surface area contributed by atoms with Crippen LogP contribution in [0.4, 0.5) is 5.69 Å². The second-order valence-electron chi connectivity index (χ2n) is 3.84. The Kier molecular flexibility index (Phi) is 4.04. The van der Waals surface area contributed by atoms with Crippen LogP contribution >= 0.6 is 11.8 Å². The van der Waals surface area contributed by atoms with E-state index in [4.69, 9.17) is 0 Å². The lowest BCUT2D eigenvalue weighted by Crippen LogP contribution is -2.01.